The number of nitrogens with one attached hydrogen (secondary N) is 1. The number of aryl methyl sites for hydroxylation is 1. The average Bonchev–Trinajstić information content (AvgIpc) is 2.37. The zero-order chi connectivity index (χ0) is 14.1. The molecular weight excluding hydrogens is 317 g/mol. The number of halogens is 2. The first-order valence-corrected chi connectivity index (χ1v) is 7.69. The third-order valence-electron chi connectivity index (χ3n) is 3.96. The molecule has 1 nitrogen and oxygen atoms in total. The molecule has 0 amide bonds. The van der Waals surface area contributed by atoms with E-state index in [9.17, 15) is 4.39 Å². The zero-order valence-electron chi connectivity index (χ0n) is 11.4. The molecule has 2 aromatic rings. The number of anilines is 1. The van der Waals surface area contributed by atoms with E-state index in [1.54, 1.807) is 6.07 Å². The van der Waals surface area contributed by atoms with Crippen molar-refractivity contribution in [1.29, 1.82) is 0 Å². The highest BCUT2D eigenvalue weighted by Gasteiger charge is 2.30. The summed E-state index contributed by atoms with van der Waals surface area (Å²) in [4.78, 5) is 0. The minimum atomic E-state index is -0.155. The highest BCUT2D eigenvalue weighted by atomic mass is 79.9. The predicted molar refractivity (Wildman–Crippen MR) is 84.7 cm³/mol. The van der Waals surface area contributed by atoms with Gasteiger partial charge < -0.3 is 5.32 Å². The van der Waals surface area contributed by atoms with Crippen LogP contribution >= 0.6 is 15.9 Å². The lowest BCUT2D eigenvalue weighted by molar-refractivity contribution is 0.373. The molecule has 1 N–H and O–H groups in total. The molecule has 0 spiro atoms. The fraction of sp³-hybridized carbons (Fsp3) is 0.294. The van der Waals surface area contributed by atoms with E-state index in [1.807, 2.05) is 19.1 Å². The predicted octanol–water partition coefficient (Wildman–Crippen LogP) is 5.25. The van der Waals surface area contributed by atoms with E-state index < -0.39 is 0 Å². The summed E-state index contributed by atoms with van der Waals surface area (Å²) in [7, 11) is 0. The van der Waals surface area contributed by atoms with Crippen LogP contribution in [0.3, 0.4) is 0 Å². The Kier molecular flexibility index (Phi) is 3.79. The van der Waals surface area contributed by atoms with Crippen LogP contribution in [0, 0.1) is 12.7 Å². The standard InChI is InChI=1S/C17H17BrFN/c1-11-2-7-17(16(19)8-11)20-15-9-13(10-15)12-3-5-14(18)6-4-12/h2-8,13,15,20H,9-10H2,1H3. The lowest BCUT2D eigenvalue weighted by Crippen LogP contribution is -2.34. The molecule has 20 heavy (non-hydrogen) atoms. The Morgan fingerprint density at radius 1 is 1.10 bits per heavy atom. The Hall–Kier alpha value is -1.35. The van der Waals surface area contributed by atoms with Gasteiger partial charge in [-0.2, -0.15) is 0 Å². The van der Waals surface area contributed by atoms with Crippen molar-refractivity contribution in [1.82, 2.24) is 0 Å². The SMILES string of the molecule is Cc1ccc(NC2CC(c3ccc(Br)cc3)C2)c(F)c1. The molecule has 3 heteroatoms. The van der Waals surface area contributed by atoms with Gasteiger partial charge in [0, 0.05) is 10.5 Å². The fourth-order valence-electron chi connectivity index (χ4n) is 2.70. The van der Waals surface area contributed by atoms with Crippen molar-refractivity contribution in [3.8, 4) is 0 Å². The minimum absolute atomic E-state index is 0.155. The minimum Gasteiger partial charge on any atom is -0.380 e. The summed E-state index contributed by atoms with van der Waals surface area (Å²) in [5, 5.41) is 3.30. The van der Waals surface area contributed by atoms with Crippen LogP contribution in [0.1, 0.15) is 29.9 Å². The van der Waals surface area contributed by atoms with Gasteiger partial charge in [0.05, 0.1) is 5.69 Å². The van der Waals surface area contributed by atoms with Crippen LogP contribution < -0.4 is 5.32 Å². The van der Waals surface area contributed by atoms with Crippen LogP contribution in [0.25, 0.3) is 0 Å². The van der Waals surface area contributed by atoms with Gasteiger partial charge in [0.1, 0.15) is 5.82 Å². The van der Waals surface area contributed by atoms with Crippen molar-refractivity contribution < 1.29 is 4.39 Å². The van der Waals surface area contributed by atoms with Crippen molar-refractivity contribution in [2.24, 2.45) is 0 Å². The Labute approximate surface area is 127 Å². The molecule has 0 unspecified atom stereocenters. The molecule has 1 fully saturated rings. The summed E-state index contributed by atoms with van der Waals surface area (Å²) in [6.07, 6.45) is 2.13. The topological polar surface area (TPSA) is 12.0 Å². The van der Waals surface area contributed by atoms with Gasteiger partial charge in [-0.3, -0.25) is 0 Å². The monoisotopic (exact) mass is 333 g/mol. The Bertz CT molecular complexity index is 603. The van der Waals surface area contributed by atoms with E-state index in [-0.39, 0.29) is 5.82 Å². The molecule has 104 valence electrons. The summed E-state index contributed by atoms with van der Waals surface area (Å²) < 4.78 is 14.9. The molecule has 0 radical (unpaired) electrons. The third kappa shape index (κ3) is 2.88. The maximum Gasteiger partial charge on any atom is 0.146 e. The molecule has 1 saturated carbocycles. The lowest BCUT2D eigenvalue weighted by Gasteiger charge is -2.37. The van der Waals surface area contributed by atoms with Crippen LogP contribution in [-0.2, 0) is 0 Å². The van der Waals surface area contributed by atoms with Gasteiger partial charge in [-0.25, -0.2) is 4.39 Å². The first kappa shape index (κ1) is 13.6. The first-order chi connectivity index (χ1) is 9.61. The molecule has 1 aliphatic rings. The van der Waals surface area contributed by atoms with Crippen molar-refractivity contribution in [2.45, 2.75) is 31.7 Å². The molecule has 0 bridgehead atoms. The molecule has 0 aliphatic heterocycles. The highest BCUT2D eigenvalue weighted by Crippen LogP contribution is 2.39. The van der Waals surface area contributed by atoms with E-state index >= 15 is 0 Å². The summed E-state index contributed by atoms with van der Waals surface area (Å²) in [6, 6.07) is 14.2. The second-order valence-electron chi connectivity index (χ2n) is 5.54. The number of benzene rings is 2. The lowest BCUT2D eigenvalue weighted by atomic mass is 9.76. The van der Waals surface area contributed by atoms with E-state index in [0.717, 1.165) is 22.9 Å². The second kappa shape index (κ2) is 5.57. The molecule has 1 aliphatic carbocycles. The fourth-order valence-corrected chi connectivity index (χ4v) is 2.96. The zero-order valence-corrected chi connectivity index (χ0v) is 13.0. The second-order valence-corrected chi connectivity index (χ2v) is 6.46. The summed E-state index contributed by atoms with van der Waals surface area (Å²) >= 11 is 3.45. The van der Waals surface area contributed by atoms with Gasteiger partial charge in [0.15, 0.2) is 0 Å². The molecule has 0 saturated heterocycles. The van der Waals surface area contributed by atoms with Crippen LogP contribution in [0.15, 0.2) is 46.9 Å². The Morgan fingerprint density at radius 2 is 1.80 bits per heavy atom. The van der Waals surface area contributed by atoms with Crippen molar-refractivity contribution in [2.75, 3.05) is 5.32 Å². The van der Waals surface area contributed by atoms with Crippen LogP contribution in [0.4, 0.5) is 10.1 Å². The molecule has 3 rings (SSSR count). The maximum atomic E-state index is 13.8. The van der Waals surface area contributed by atoms with E-state index in [2.05, 4.69) is 45.5 Å². The van der Waals surface area contributed by atoms with Gasteiger partial charge in [-0.1, -0.05) is 34.1 Å². The maximum absolute atomic E-state index is 13.8. The summed E-state index contributed by atoms with van der Waals surface area (Å²) in [5.74, 6) is 0.436. The van der Waals surface area contributed by atoms with E-state index in [4.69, 9.17) is 0 Å². The third-order valence-corrected chi connectivity index (χ3v) is 4.49. The largest absolute Gasteiger partial charge is 0.380 e. The van der Waals surface area contributed by atoms with Crippen molar-refractivity contribution in [3.63, 3.8) is 0 Å². The molecule has 0 atom stereocenters. The van der Waals surface area contributed by atoms with E-state index in [0.29, 0.717) is 17.6 Å². The quantitative estimate of drug-likeness (QED) is 0.808. The van der Waals surface area contributed by atoms with Crippen LogP contribution in [0.5, 0.6) is 0 Å². The van der Waals surface area contributed by atoms with Crippen molar-refractivity contribution in [3.05, 3.63) is 63.9 Å². The Morgan fingerprint density at radius 3 is 2.45 bits per heavy atom. The van der Waals surface area contributed by atoms with Gasteiger partial charge >= 0.3 is 0 Å². The Balaban J connectivity index is 1.59. The van der Waals surface area contributed by atoms with Gasteiger partial charge in [0.25, 0.3) is 0 Å². The first-order valence-electron chi connectivity index (χ1n) is 6.90. The number of hydrogen-bond donors (Lipinski definition) is 1. The van der Waals surface area contributed by atoms with Crippen LogP contribution in [-0.4, -0.2) is 6.04 Å². The summed E-state index contributed by atoms with van der Waals surface area (Å²) in [6.45, 7) is 1.90. The van der Waals surface area contributed by atoms with E-state index in [1.165, 1.54) is 5.56 Å². The number of rotatable bonds is 3. The molecule has 2 aromatic carbocycles. The molecular formula is C17H17BrFN. The van der Waals surface area contributed by atoms with Crippen molar-refractivity contribution >= 4 is 21.6 Å². The number of hydrogen-bond acceptors (Lipinski definition) is 1. The smallest absolute Gasteiger partial charge is 0.146 e. The van der Waals surface area contributed by atoms with Gasteiger partial charge in [-0.05, 0) is 61.1 Å². The average molecular weight is 334 g/mol. The van der Waals surface area contributed by atoms with Gasteiger partial charge in [-0.15, -0.1) is 0 Å². The summed E-state index contributed by atoms with van der Waals surface area (Å²) in [5.41, 5.74) is 2.94. The normalized spacial score (nSPS) is 21.4. The van der Waals surface area contributed by atoms with Crippen LogP contribution in [0.2, 0.25) is 0 Å². The molecule has 0 heterocycles. The van der Waals surface area contributed by atoms with Gasteiger partial charge in [0.2, 0.25) is 0 Å². The highest BCUT2D eigenvalue weighted by molar-refractivity contribution is 9.10. The molecule has 0 aromatic heterocycles.